The van der Waals surface area contributed by atoms with E-state index in [1.165, 1.54) is 6.07 Å². The monoisotopic (exact) mass is 454 g/mol. The number of rotatable bonds is 13. The second-order valence-corrected chi connectivity index (χ2v) is 8.68. The molecule has 0 unspecified atom stereocenters. The van der Waals surface area contributed by atoms with Crippen LogP contribution in [-0.4, -0.2) is 12.9 Å². The second-order valence-electron chi connectivity index (χ2n) is 7.08. The average Bonchev–Trinajstić information content (AvgIpc) is 2.84. The van der Waals surface area contributed by atoms with Gasteiger partial charge in [0.2, 0.25) is 0 Å². The van der Waals surface area contributed by atoms with Crippen LogP contribution in [0.1, 0.15) is 41.3 Å². The van der Waals surface area contributed by atoms with Gasteiger partial charge in [0.15, 0.2) is 11.5 Å². The van der Waals surface area contributed by atoms with Crippen molar-refractivity contribution in [2.75, 3.05) is 6.61 Å². The number of carbonyl (C=O) groups excluding carboxylic acids is 1. The highest BCUT2D eigenvalue weighted by molar-refractivity contribution is 7.48. The Morgan fingerprint density at radius 1 is 0.812 bits per heavy atom. The molecule has 0 radical (unpaired) electrons. The number of benzene rings is 3. The Morgan fingerprint density at radius 2 is 1.41 bits per heavy atom. The molecule has 3 aromatic rings. The van der Waals surface area contributed by atoms with Gasteiger partial charge >= 0.3 is 7.82 Å². The minimum atomic E-state index is -4.03. The minimum Gasteiger partial charge on any atom is -0.490 e. The maximum Gasteiger partial charge on any atom is 0.530 e. The third-order valence-corrected chi connectivity index (χ3v) is 5.84. The molecule has 7 heteroatoms. The Labute approximate surface area is 188 Å². The van der Waals surface area contributed by atoms with Crippen LogP contribution in [0.5, 0.6) is 11.5 Å². The summed E-state index contributed by atoms with van der Waals surface area (Å²) < 4.78 is 36.5. The third-order valence-electron chi connectivity index (χ3n) is 4.53. The van der Waals surface area contributed by atoms with Crippen LogP contribution >= 0.6 is 7.82 Å². The summed E-state index contributed by atoms with van der Waals surface area (Å²) in [4.78, 5) is 11.2. The summed E-state index contributed by atoms with van der Waals surface area (Å²) in [6.07, 6.45) is 2.49. The quantitative estimate of drug-likeness (QED) is 0.165. The Morgan fingerprint density at radius 3 is 1.94 bits per heavy atom. The van der Waals surface area contributed by atoms with Gasteiger partial charge in [0.1, 0.15) is 6.29 Å². The van der Waals surface area contributed by atoms with Gasteiger partial charge < -0.3 is 9.26 Å². The highest BCUT2D eigenvalue weighted by atomic mass is 31.2. The highest BCUT2D eigenvalue weighted by Crippen LogP contribution is 2.52. The summed E-state index contributed by atoms with van der Waals surface area (Å²) in [5.74, 6) is 0.506. The van der Waals surface area contributed by atoms with E-state index in [0.29, 0.717) is 24.2 Å². The van der Waals surface area contributed by atoms with Gasteiger partial charge in [-0.25, -0.2) is 4.57 Å². The van der Waals surface area contributed by atoms with E-state index in [0.717, 1.165) is 24.0 Å². The predicted molar refractivity (Wildman–Crippen MR) is 123 cm³/mol. The maximum atomic E-state index is 13.6. The lowest BCUT2D eigenvalue weighted by atomic mass is 10.2. The molecule has 0 saturated carbocycles. The largest absolute Gasteiger partial charge is 0.530 e. The van der Waals surface area contributed by atoms with Crippen LogP contribution in [-0.2, 0) is 26.8 Å². The first kappa shape index (κ1) is 23.7. The lowest BCUT2D eigenvalue weighted by Crippen LogP contribution is -2.06. The van der Waals surface area contributed by atoms with Crippen molar-refractivity contribution in [1.29, 1.82) is 0 Å². The van der Waals surface area contributed by atoms with E-state index in [1.54, 1.807) is 12.1 Å². The SMILES string of the molecule is CCCCOc1cc(C=O)ccc1OP(=O)(OCc1ccccc1)OCc1ccccc1. The molecule has 0 saturated heterocycles. The normalized spacial score (nSPS) is 11.2. The first-order chi connectivity index (χ1) is 15.6. The summed E-state index contributed by atoms with van der Waals surface area (Å²) in [5.41, 5.74) is 2.08. The number of unbranched alkanes of at least 4 members (excludes halogenated alkanes) is 1. The number of hydrogen-bond acceptors (Lipinski definition) is 6. The zero-order chi connectivity index (χ0) is 22.7. The molecular formula is C25H27O6P. The molecule has 0 amide bonds. The zero-order valence-corrected chi connectivity index (χ0v) is 18.9. The minimum absolute atomic E-state index is 0.0470. The third kappa shape index (κ3) is 7.34. The number of phosphoric acid groups is 1. The summed E-state index contributed by atoms with van der Waals surface area (Å²) in [6, 6.07) is 23.3. The van der Waals surface area contributed by atoms with E-state index in [-0.39, 0.29) is 19.0 Å². The van der Waals surface area contributed by atoms with Crippen molar-refractivity contribution in [2.45, 2.75) is 33.0 Å². The molecule has 0 atom stereocenters. The molecule has 3 rings (SSSR count). The van der Waals surface area contributed by atoms with Crippen LogP contribution in [0.15, 0.2) is 78.9 Å². The van der Waals surface area contributed by atoms with Gasteiger partial charge in [-0.1, -0.05) is 74.0 Å². The van der Waals surface area contributed by atoms with Crippen molar-refractivity contribution in [3.63, 3.8) is 0 Å². The lowest BCUT2D eigenvalue weighted by molar-refractivity contribution is 0.112. The first-order valence-electron chi connectivity index (χ1n) is 10.5. The van der Waals surface area contributed by atoms with Crippen molar-refractivity contribution in [2.24, 2.45) is 0 Å². The Balaban J connectivity index is 1.81. The van der Waals surface area contributed by atoms with E-state index in [4.69, 9.17) is 18.3 Å². The topological polar surface area (TPSA) is 71.1 Å². The van der Waals surface area contributed by atoms with Crippen molar-refractivity contribution in [3.8, 4) is 11.5 Å². The van der Waals surface area contributed by atoms with Crippen LogP contribution in [0.25, 0.3) is 0 Å². The Bertz CT molecular complexity index is 976. The average molecular weight is 454 g/mol. The maximum absolute atomic E-state index is 13.6. The standard InChI is InChI=1S/C25H27O6P/c1-2-3-16-28-25-17-23(18-26)14-15-24(25)31-32(27,29-19-21-10-6-4-7-11-21)30-20-22-12-8-5-9-13-22/h4-15,17-18H,2-3,16,19-20H2,1H3. The molecule has 6 nitrogen and oxygen atoms in total. The molecule has 168 valence electrons. The second kappa shape index (κ2) is 12.2. The van der Waals surface area contributed by atoms with Crippen molar-refractivity contribution < 1.29 is 27.7 Å². The lowest BCUT2D eigenvalue weighted by Gasteiger charge is -2.20. The van der Waals surface area contributed by atoms with Crippen LogP contribution in [0.4, 0.5) is 0 Å². The number of carbonyl (C=O) groups is 1. The zero-order valence-electron chi connectivity index (χ0n) is 18.0. The van der Waals surface area contributed by atoms with E-state index >= 15 is 0 Å². The van der Waals surface area contributed by atoms with Gasteiger partial charge in [0, 0.05) is 5.56 Å². The predicted octanol–water partition coefficient (Wildman–Crippen LogP) is 6.60. The molecule has 0 heterocycles. The van der Waals surface area contributed by atoms with Crippen LogP contribution in [0.2, 0.25) is 0 Å². The summed E-state index contributed by atoms with van der Waals surface area (Å²) >= 11 is 0. The van der Waals surface area contributed by atoms with Crippen LogP contribution in [0, 0.1) is 0 Å². The fraction of sp³-hybridized carbons (Fsp3) is 0.240. The molecule has 32 heavy (non-hydrogen) atoms. The van der Waals surface area contributed by atoms with Gasteiger partial charge in [-0.2, -0.15) is 0 Å². The Hall–Kier alpha value is -2.92. The smallest absolute Gasteiger partial charge is 0.490 e. The summed E-state index contributed by atoms with van der Waals surface area (Å²) in [5, 5.41) is 0. The van der Waals surface area contributed by atoms with E-state index in [1.807, 2.05) is 67.6 Å². The number of hydrogen-bond donors (Lipinski definition) is 0. The van der Waals surface area contributed by atoms with Gasteiger partial charge in [-0.05, 0) is 35.7 Å². The number of phosphoric ester groups is 1. The van der Waals surface area contributed by atoms with Gasteiger partial charge in [-0.3, -0.25) is 13.8 Å². The molecule has 0 bridgehead atoms. The van der Waals surface area contributed by atoms with Crippen molar-refractivity contribution in [1.82, 2.24) is 0 Å². The van der Waals surface area contributed by atoms with Crippen LogP contribution in [0.3, 0.4) is 0 Å². The fourth-order valence-electron chi connectivity index (χ4n) is 2.78. The molecule has 0 fully saturated rings. The molecule has 0 aliphatic heterocycles. The van der Waals surface area contributed by atoms with Gasteiger partial charge in [0.25, 0.3) is 0 Å². The van der Waals surface area contributed by atoms with E-state index < -0.39 is 7.82 Å². The van der Waals surface area contributed by atoms with Crippen molar-refractivity contribution in [3.05, 3.63) is 95.6 Å². The Kier molecular flexibility index (Phi) is 9.05. The van der Waals surface area contributed by atoms with Gasteiger partial charge in [-0.15, -0.1) is 0 Å². The molecule has 3 aromatic carbocycles. The highest BCUT2D eigenvalue weighted by Gasteiger charge is 2.30. The van der Waals surface area contributed by atoms with E-state index in [9.17, 15) is 9.36 Å². The fourth-order valence-corrected chi connectivity index (χ4v) is 3.96. The summed E-state index contributed by atoms with van der Waals surface area (Å²) in [7, 11) is -4.03. The molecule has 0 aliphatic carbocycles. The van der Waals surface area contributed by atoms with Gasteiger partial charge in [0.05, 0.1) is 19.8 Å². The molecular weight excluding hydrogens is 427 g/mol. The van der Waals surface area contributed by atoms with Crippen molar-refractivity contribution >= 4 is 14.1 Å². The van der Waals surface area contributed by atoms with E-state index in [2.05, 4.69) is 0 Å². The number of ether oxygens (including phenoxy) is 1. The molecule has 0 aromatic heterocycles. The molecule has 0 spiro atoms. The first-order valence-corrected chi connectivity index (χ1v) is 12.0. The summed E-state index contributed by atoms with van der Waals surface area (Å²) in [6.45, 7) is 2.58. The molecule has 0 N–H and O–H groups in total. The van der Waals surface area contributed by atoms with Crippen LogP contribution < -0.4 is 9.26 Å². The molecule has 0 aliphatic rings. The number of aldehydes is 1.